The summed E-state index contributed by atoms with van der Waals surface area (Å²) >= 11 is 0. The third kappa shape index (κ3) is 3.52. The van der Waals surface area contributed by atoms with E-state index in [0.29, 0.717) is 12.5 Å². The lowest BCUT2D eigenvalue weighted by Crippen LogP contribution is -2.24. The number of nitrogens with one attached hydrogen (secondary N) is 1. The van der Waals surface area contributed by atoms with Gasteiger partial charge in [-0.3, -0.25) is 10.1 Å². The number of hydrogen-bond acceptors (Lipinski definition) is 7. The summed E-state index contributed by atoms with van der Waals surface area (Å²) in [7, 11) is 1.63. The van der Waals surface area contributed by atoms with Gasteiger partial charge in [0.2, 0.25) is 11.8 Å². The summed E-state index contributed by atoms with van der Waals surface area (Å²) in [6, 6.07) is 0. The average Bonchev–Trinajstić information content (AvgIpc) is 2.36. The van der Waals surface area contributed by atoms with Crippen LogP contribution in [0.3, 0.4) is 0 Å². The van der Waals surface area contributed by atoms with E-state index in [1.165, 1.54) is 11.1 Å². The molecule has 8 heteroatoms. The van der Waals surface area contributed by atoms with E-state index in [1.54, 1.807) is 7.05 Å². The van der Waals surface area contributed by atoms with E-state index in [0.717, 1.165) is 6.42 Å². The van der Waals surface area contributed by atoms with Crippen molar-refractivity contribution in [2.75, 3.05) is 37.0 Å². The lowest BCUT2D eigenvalue weighted by Gasteiger charge is -2.17. The molecule has 0 amide bonds. The molecule has 0 spiro atoms. The third-order valence-electron chi connectivity index (χ3n) is 2.28. The summed E-state index contributed by atoms with van der Waals surface area (Å²) in [5, 5.41) is 22.7. The maximum Gasteiger partial charge on any atom is 0.329 e. The fraction of sp³-hybridized carbons (Fsp3) is 0.600. The Morgan fingerprint density at radius 3 is 2.89 bits per heavy atom. The highest BCUT2D eigenvalue weighted by atomic mass is 16.6. The fourth-order valence-corrected chi connectivity index (χ4v) is 1.35. The van der Waals surface area contributed by atoms with E-state index in [9.17, 15) is 10.1 Å². The number of aliphatic hydroxyl groups excluding tert-OH is 1. The van der Waals surface area contributed by atoms with Crippen LogP contribution in [-0.4, -0.2) is 46.7 Å². The van der Waals surface area contributed by atoms with Crippen LogP contribution in [0.15, 0.2) is 6.20 Å². The van der Waals surface area contributed by atoms with Crippen molar-refractivity contribution in [3.63, 3.8) is 0 Å². The summed E-state index contributed by atoms with van der Waals surface area (Å²) < 4.78 is 0. The minimum Gasteiger partial charge on any atom is -0.395 e. The zero-order chi connectivity index (χ0) is 13.5. The smallest absolute Gasteiger partial charge is 0.329 e. The summed E-state index contributed by atoms with van der Waals surface area (Å²) in [6.45, 7) is 2.86. The topological polar surface area (TPSA) is 104 Å². The molecule has 0 saturated heterocycles. The standard InChI is InChI=1S/C10H17N5O3/c1-3-4-11-10-12-7-8(15(17)18)9(13-10)14(2)5-6-16/h7,16H,3-6H2,1-2H3,(H,11,12,13). The quantitative estimate of drug-likeness (QED) is 0.544. The van der Waals surface area contributed by atoms with Crippen molar-refractivity contribution in [1.82, 2.24) is 9.97 Å². The van der Waals surface area contributed by atoms with Gasteiger partial charge in [0.1, 0.15) is 6.20 Å². The second-order valence-electron chi connectivity index (χ2n) is 3.73. The van der Waals surface area contributed by atoms with Crippen molar-refractivity contribution >= 4 is 17.5 Å². The van der Waals surface area contributed by atoms with Crippen LogP contribution >= 0.6 is 0 Å². The molecular weight excluding hydrogens is 238 g/mol. The molecule has 0 fully saturated rings. The van der Waals surface area contributed by atoms with Gasteiger partial charge in [0.15, 0.2) is 0 Å². The van der Waals surface area contributed by atoms with E-state index in [-0.39, 0.29) is 24.7 Å². The molecule has 0 bridgehead atoms. The van der Waals surface area contributed by atoms with E-state index in [1.807, 2.05) is 6.92 Å². The number of aliphatic hydroxyl groups is 1. The van der Waals surface area contributed by atoms with Crippen LogP contribution in [0, 0.1) is 10.1 Å². The number of rotatable bonds is 7. The van der Waals surface area contributed by atoms with Gasteiger partial charge in [-0.15, -0.1) is 0 Å². The molecule has 0 atom stereocenters. The van der Waals surface area contributed by atoms with E-state index >= 15 is 0 Å². The van der Waals surface area contributed by atoms with E-state index < -0.39 is 4.92 Å². The van der Waals surface area contributed by atoms with Crippen LogP contribution in [0.25, 0.3) is 0 Å². The Balaban J connectivity index is 3.03. The first-order valence-electron chi connectivity index (χ1n) is 5.67. The van der Waals surface area contributed by atoms with Crippen molar-refractivity contribution < 1.29 is 10.0 Å². The Morgan fingerprint density at radius 2 is 2.33 bits per heavy atom. The lowest BCUT2D eigenvalue weighted by molar-refractivity contribution is -0.384. The van der Waals surface area contributed by atoms with Crippen LogP contribution < -0.4 is 10.2 Å². The Morgan fingerprint density at radius 1 is 1.61 bits per heavy atom. The molecule has 1 aromatic rings. The molecule has 0 radical (unpaired) electrons. The molecule has 1 rings (SSSR count). The minimum absolute atomic E-state index is 0.102. The monoisotopic (exact) mass is 255 g/mol. The molecule has 1 heterocycles. The molecule has 1 aromatic heterocycles. The number of aromatic nitrogens is 2. The molecule has 0 aromatic carbocycles. The summed E-state index contributed by atoms with van der Waals surface area (Å²) in [6.07, 6.45) is 2.08. The minimum atomic E-state index is -0.535. The highest BCUT2D eigenvalue weighted by Crippen LogP contribution is 2.24. The van der Waals surface area contributed by atoms with Gasteiger partial charge < -0.3 is 15.3 Å². The Hall–Kier alpha value is -1.96. The molecule has 0 aliphatic carbocycles. The normalized spacial score (nSPS) is 10.2. The molecule has 0 unspecified atom stereocenters. The van der Waals surface area contributed by atoms with Gasteiger partial charge in [-0.1, -0.05) is 6.92 Å². The second-order valence-corrected chi connectivity index (χ2v) is 3.73. The van der Waals surface area contributed by atoms with Crippen LogP contribution in [-0.2, 0) is 0 Å². The fourth-order valence-electron chi connectivity index (χ4n) is 1.35. The number of hydrogen-bond donors (Lipinski definition) is 2. The summed E-state index contributed by atoms with van der Waals surface area (Å²) in [5.74, 6) is 0.546. The predicted octanol–water partition coefficient (Wildman–Crippen LogP) is 0.635. The molecule has 2 N–H and O–H groups in total. The van der Waals surface area contributed by atoms with Crippen LogP contribution in [0.4, 0.5) is 17.5 Å². The first-order chi connectivity index (χ1) is 8.60. The number of nitro groups is 1. The predicted molar refractivity (Wildman–Crippen MR) is 67.8 cm³/mol. The number of anilines is 2. The van der Waals surface area contributed by atoms with Gasteiger partial charge in [-0.2, -0.15) is 4.98 Å². The Labute approximate surface area is 105 Å². The first-order valence-corrected chi connectivity index (χ1v) is 5.67. The SMILES string of the molecule is CCCNc1ncc([N+](=O)[O-])c(N(C)CCO)n1. The zero-order valence-electron chi connectivity index (χ0n) is 10.5. The van der Waals surface area contributed by atoms with Gasteiger partial charge >= 0.3 is 5.69 Å². The van der Waals surface area contributed by atoms with Gasteiger partial charge in [0.25, 0.3) is 0 Å². The van der Waals surface area contributed by atoms with Crippen molar-refractivity contribution in [2.45, 2.75) is 13.3 Å². The lowest BCUT2D eigenvalue weighted by atomic mass is 10.4. The molecule has 18 heavy (non-hydrogen) atoms. The zero-order valence-corrected chi connectivity index (χ0v) is 10.5. The maximum absolute atomic E-state index is 10.9. The van der Waals surface area contributed by atoms with Gasteiger partial charge in [-0.05, 0) is 6.42 Å². The van der Waals surface area contributed by atoms with Crippen LogP contribution in [0.1, 0.15) is 13.3 Å². The highest BCUT2D eigenvalue weighted by molar-refractivity contribution is 5.58. The van der Waals surface area contributed by atoms with E-state index in [2.05, 4.69) is 15.3 Å². The Bertz CT molecular complexity index is 412. The average molecular weight is 255 g/mol. The van der Waals surface area contributed by atoms with Crippen molar-refractivity contribution in [2.24, 2.45) is 0 Å². The van der Waals surface area contributed by atoms with Crippen LogP contribution in [0.5, 0.6) is 0 Å². The van der Waals surface area contributed by atoms with Crippen molar-refractivity contribution in [3.05, 3.63) is 16.3 Å². The van der Waals surface area contributed by atoms with Crippen molar-refractivity contribution in [3.8, 4) is 0 Å². The number of nitrogens with zero attached hydrogens (tertiary/aromatic N) is 4. The molecule has 100 valence electrons. The second kappa shape index (κ2) is 6.70. The molecule has 0 aliphatic heterocycles. The first kappa shape index (κ1) is 14.1. The van der Waals surface area contributed by atoms with Crippen LogP contribution in [0.2, 0.25) is 0 Å². The maximum atomic E-state index is 10.9. The largest absolute Gasteiger partial charge is 0.395 e. The van der Waals surface area contributed by atoms with Crippen molar-refractivity contribution in [1.29, 1.82) is 0 Å². The molecule has 0 aliphatic rings. The third-order valence-corrected chi connectivity index (χ3v) is 2.28. The van der Waals surface area contributed by atoms with Gasteiger partial charge in [-0.25, -0.2) is 4.98 Å². The molecular formula is C10H17N5O3. The van der Waals surface area contributed by atoms with Gasteiger partial charge in [0.05, 0.1) is 11.5 Å². The number of likely N-dealkylation sites (N-methyl/N-ethyl adjacent to an activating group) is 1. The molecule has 8 nitrogen and oxygen atoms in total. The van der Waals surface area contributed by atoms with Gasteiger partial charge in [0, 0.05) is 20.1 Å². The Kier molecular flexibility index (Phi) is 5.25. The summed E-state index contributed by atoms with van der Waals surface area (Å²) in [5.41, 5.74) is -0.173. The van der Waals surface area contributed by atoms with E-state index in [4.69, 9.17) is 5.11 Å². The highest BCUT2D eigenvalue weighted by Gasteiger charge is 2.20. The molecule has 0 saturated carbocycles. The summed E-state index contributed by atoms with van der Waals surface area (Å²) in [4.78, 5) is 19.9.